The molecule has 0 radical (unpaired) electrons. The molecule has 0 aromatic carbocycles. The fourth-order valence-electron chi connectivity index (χ4n) is 5.70. The summed E-state index contributed by atoms with van der Waals surface area (Å²) in [4.78, 5) is 37.4. The number of pyridine rings is 1. The van der Waals surface area contributed by atoms with E-state index in [1.165, 1.54) is 0 Å². The Bertz CT molecular complexity index is 1380. The molecule has 0 aliphatic carbocycles. The Kier molecular flexibility index (Phi) is 6.76. The van der Waals surface area contributed by atoms with Crippen molar-refractivity contribution in [3.05, 3.63) is 30.7 Å². The predicted molar refractivity (Wildman–Crippen MR) is 139 cm³/mol. The number of carbonyl (C=O) groups excluding carboxylic acids is 2. The zero-order chi connectivity index (χ0) is 28.0. The van der Waals surface area contributed by atoms with E-state index < -0.39 is 24.9 Å². The topological polar surface area (TPSA) is 107 Å². The van der Waals surface area contributed by atoms with Crippen molar-refractivity contribution in [1.29, 1.82) is 0 Å². The van der Waals surface area contributed by atoms with E-state index in [-0.39, 0.29) is 24.5 Å². The zero-order valence-corrected chi connectivity index (χ0v) is 22.1. The Morgan fingerprint density at radius 3 is 2.55 bits per heavy atom. The summed E-state index contributed by atoms with van der Waals surface area (Å²) in [6, 6.07) is 3.84. The highest BCUT2D eigenvalue weighted by Gasteiger charge is 2.47. The molecule has 3 aromatic heterocycles. The Morgan fingerprint density at radius 1 is 1.07 bits per heavy atom. The lowest BCUT2D eigenvalue weighted by Gasteiger charge is -2.57. The molecule has 3 aliphatic heterocycles. The first-order chi connectivity index (χ1) is 19.1. The largest absolute Gasteiger partial charge is 0.389 e. The second kappa shape index (κ2) is 10.3. The summed E-state index contributed by atoms with van der Waals surface area (Å²) in [6.45, 7) is 4.06. The Morgan fingerprint density at radius 2 is 1.82 bits per heavy atom. The summed E-state index contributed by atoms with van der Waals surface area (Å²) in [6.07, 6.45) is 0.0715. The van der Waals surface area contributed by atoms with Gasteiger partial charge >= 0.3 is 6.18 Å². The summed E-state index contributed by atoms with van der Waals surface area (Å²) >= 11 is 0. The monoisotopic (exact) mass is 560 g/mol. The first-order valence-corrected chi connectivity index (χ1v) is 13.4. The van der Waals surface area contributed by atoms with Crippen molar-refractivity contribution < 1.29 is 22.8 Å². The van der Waals surface area contributed by atoms with Gasteiger partial charge in [-0.15, -0.1) is 5.10 Å². The fraction of sp³-hybridized carbons (Fsp3) is 0.560. The van der Waals surface area contributed by atoms with Crippen molar-refractivity contribution in [2.24, 2.45) is 0 Å². The molecule has 40 heavy (non-hydrogen) atoms. The molecular formula is C25H31F3N10O2. The Labute approximate surface area is 228 Å². The molecule has 1 N–H and O–H groups in total. The summed E-state index contributed by atoms with van der Waals surface area (Å²) in [5, 5.41) is 12.0. The van der Waals surface area contributed by atoms with Crippen LogP contribution in [0.4, 0.5) is 30.5 Å². The first-order valence-electron chi connectivity index (χ1n) is 13.4. The average molecular weight is 561 g/mol. The molecule has 0 saturated carbocycles. The van der Waals surface area contributed by atoms with E-state index >= 15 is 0 Å². The van der Waals surface area contributed by atoms with Crippen molar-refractivity contribution in [1.82, 2.24) is 39.1 Å². The van der Waals surface area contributed by atoms with E-state index in [4.69, 9.17) is 0 Å². The van der Waals surface area contributed by atoms with Crippen LogP contribution in [0.25, 0.3) is 5.65 Å². The lowest BCUT2D eigenvalue weighted by molar-refractivity contribution is -0.150. The number of nitrogens with one attached hydrogen (secondary N) is 1. The Balaban J connectivity index is 1.09. The van der Waals surface area contributed by atoms with Gasteiger partial charge in [0.05, 0.1) is 24.0 Å². The molecule has 12 nitrogen and oxygen atoms in total. The van der Waals surface area contributed by atoms with Crippen LogP contribution >= 0.6 is 0 Å². The number of piperidine rings is 1. The molecule has 3 aliphatic rings. The van der Waals surface area contributed by atoms with Crippen LogP contribution in [0, 0.1) is 0 Å². The number of aromatic nitrogens is 5. The van der Waals surface area contributed by atoms with Crippen LogP contribution in [0.5, 0.6) is 0 Å². The van der Waals surface area contributed by atoms with Crippen LogP contribution in [0.1, 0.15) is 19.3 Å². The maximum atomic E-state index is 12.6. The zero-order valence-electron chi connectivity index (χ0n) is 22.1. The maximum Gasteiger partial charge on any atom is 0.389 e. The van der Waals surface area contributed by atoms with Gasteiger partial charge in [0, 0.05) is 70.2 Å². The highest BCUT2D eigenvalue weighted by atomic mass is 19.4. The minimum Gasteiger partial charge on any atom is -0.359 e. The lowest BCUT2D eigenvalue weighted by Crippen LogP contribution is -2.69. The summed E-state index contributed by atoms with van der Waals surface area (Å²) in [5.41, 5.74) is 2.15. The molecule has 3 saturated heterocycles. The second-order valence-electron chi connectivity index (χ2n) is 10.7. The van der Waals surface area contributed by atoms with Crippen LogP contribution < -0.4 is 10.2 Å². The maximum absolute atomic E-state index is 12.6. The SMILES string of the molecule is CN1CCN(C(=O)Cn2cc(Nc3nc4c(N5C6CC5CN(C(=O)CCC(F)(F)F)C6)cccn4n3)cn2)CC1. The van der Waals surface area contributed by atoms with Gasteiger partial charge in [-0.25, -0.2) is 4.52 Å². The van der Waals surface area contributed by atoms with E-state index in [0.29, 0.717) is 43.5 Å². The van der Waals surface area contributed by atoms with Gasteiger partial charge in [0.15, 0.2) is 5.65 Å². The number of anilines is 3. The van der Waals surface area contributed by atoms with Gasteiger partial charge in [-0.05, 0) is 25.6 Å². The van der Waals surface area contributed by atoms with E-state index in [9.17, 15) is 22.8 Å². The van der Waals surface area contributed by atoms with Crippen LogP contribution in [-0.4, -0.2) is 115 Å². The molecule has 6 rings (SSSR count). The van der Waals surface area contributed by atoms with Crippen molar-refractivity contribution in [3.63, 3.8) is 0 Å². The molecule has 2 atom stereocenters. The highest BCUT2D eigenvalue weighted by molar-refractivity contribution is 5.78. The third kappa shape index (κ3) is 5.42. The molecule has 2 amide bonds. The average Bonchev–Trinajstić information content (AvgIpc) is 3.54. The molecule has 2 bridgehead atoms. The number of alkyl halides is 3. The quantitative estimate of drug-likeness (QED) is 0.464. The standard InChI is InChI=1S/C25H31F3N10O2/c1-33-7-9-34(10-8-33)22(40)16-36-13-17(12-29-36)30-24-31-23-20(3-2-6-37(23)32-24)38-18-11-19(38)15-35(14-18)21(39)4-5-25(26,27)28/h2-3,6,12-13,18-19H,4-5,7-11,14-16H2,1H3,(H,30,32). The minimum atomic E-state index is -4.34. The van der Waals surface area contributed by atoms with Crippen molar-refractivity contribution in [3.8, 4) is 0 Å². The third-order valence-electron chi connectivity index (χ3n) is 7.83. The number of amides is 2. The fourth-order valence-corrected chi connectivity index (χ4v) is 5.70. The number of fused-ring (bicyclic) bond motifs is 3. The number of hydrogen-bond donors (Lipinski definition) is 1. The summed E-state index contributed by atoms with van der Waals surface area (Å²) in [7, 11) is 2.04. The van der Waals surface area contributed by atoms with E-state index in [2.05, 4.69) is 30.3 Å². The van der Waals surface area contributed by atoms with Gasteiger partial charge in [0.1, 0.15) is 6.54 Å². The van der Waals surface area contributed by atoms with Crippen LogP contribution in [0.3, 0.4) is 0 Å². The molecule has 3 fully saturated rings. The number of hydrogen-bond acceptors (Lipinski definition) is 8. The molecule has 0 spiro atoms. The van der Waals surface area contributed by atoms with Crippen LogP contribution in [0.2, 0.25) is 0 Å². The van der Waals surface area contributed by atoms with Gasteiger partial charge in [-0.3, -0.25) is 14.3 Å². The second-order valence-corrected chi connectivity index (χ2v) is 10.7. The summed E-state index contributed by atoms with van der Waals surface area (Å²) < 4.78 is 40.9. The Hall–Kier alpha value is -3.88. The van der Waals surface area contributed by atoms with Gasteiger partial charge in [0.2, 0.25) is 17.8 Å². The number of piperazine rings is 2. The molecule has 214 valence electrons. The minimum absolute atomic E-state index is 0.0176. The van der Waals surface area contributed by atoms with Crippen LogP contribution in [-0.2, 0) is 16.1 Å². The molecule has 6 heterocycles. The van der Waals surface area contributed by atoms with Gasteiger partial charge in [-0.1, -0.05) is 0 Å². The molecule has 3 aromatic rings. The number of likely N-dealkylation sites (tertiary alicyclic amines) is 1. The van der Waals surface area contributed by atoms with Gasteiger partial charge in [0.25, 0.3) is 0 Å². The summed E-state index contributed by atoms with van der Waals surface area (Å²) in [5.74, 6) is -0.0596. The number of carbonyl (C=O) groups is 2. The third-order valence-corrected chi connectivity index (χ3v) is 7.83. The first kappa shape index (κ1) is 26.3. The van der Waals surface area contributed by atoms with E-state index in [0.717, 1.165) is 25.2 Å². The number of nitrogens with zero attached hydrogens (tertiary/aromatic N) is 9. The van der Waals surface area contributed by atoms with Crippen molar-refractivity contribution in [2.75, 3.05) is 56.5 Å². The molecule has 15 heteroatoms. The smallest absolute Gasteiger partial charge is 0.359 e. The van der Waals surface area contributed by atoms with Crippen molar-refractivity contribution in [2.45, 2.75) is 44.1 Å². The lowest BCUT2D eigenvalue weighted by atomic mass is 9.86. The highest BCUT2D eigenvalue weighted by Crippen LogP contribution is 2.39. The predicted octanol–water partition coefficient (Wildman–Crippen LogP) is 1.58. The molecule has 2 unspecified atom stereocenters. The number of halogens is 3. The van der Waals surface area contributed by atoms with Crippen molar-refractivity contribution >= 4 is 34.8 Å². The van der Waals surface area contributed by atoms with E-state index in [1.54, 1.807) is 32.7 Å². The molecular weight excluding hydrogens is 529 g/mol. The number of likely N-dealkylation sites (N-methyl/N-ethyl adjacent to an activating group) is 1. The van der Waals surface area contributed by atoms with Gasteiger partial charge in [-0.2, -0.15) is 23.3 Å². The normalized spacial score (nSPS) is 21.6. The van der Waals surface area contributed by atoms with Gasteiger partial charge < -0.3 is 24.9 Å². The van der Waals surface area contributed by atoms with Crippen LogP contribution in [0.15, 0.2) is 30.7 Å². The number of rotatable bonds is 7. The van der Waals surface area contributed by atoms with E-state index in [1.807, 2.05) is 24.1 Å².